The zero-order chi connectivity index (χ0) is 21.5. The molecule has 0 saturated heterocycles. The fraction of sp³-hybridized carbons (Fsp3) is 0.150. The van der Waals surface area contributed by atoms with Gasteiger partial charge in [-0.3, -0.25) is 14.9 Å². The fourth-order valence-corrected chi connectivity index (χ4v) is 2.53. The lowest BCUT2D eigenvalue weighted by Crippen LogP contribution is -2.20. The van der Waals surface area contributed by atoms with Crippen LogP contribution in [-0.4, -0.2) is 39.8 Å². The van der Waals surface area contributed by atoms with Gasteiger partial charge in [0.15, 0.2) is 12.4 Å². The molecule has 1 amide bonds. The van der Waals surface area contributed by atoms with Crippen LogP contribution < -0.4 is 10.1 Å². The normalized spacial score (nSPS) is 10.3. The van der Waals surface area contributed by atoms with Gasteiger partial charge in [-0.15, -0.1) is 0 Å². The summed E-state index contributed by atoms with van der Waals surface area (Å²) >= 11 is 0. The van der Waals surface area contributed by atoms with Gasteiger partial charge in [-0.25, -0.2) is 9.48 Å². The van der Waals surface area contributed by atoms with Crippen LogP contribution in [-0.2, 0) is 9.53 Å². The fourth-order valence-electron chi connectivity index (χ4n) is 2.53. The summed E-state index contributed by atoms with van der Waals surface area (Å²) in [7, 11) is 0. The summed E-state index contributed by atoms with van der Waals surface area (Å²) in [6.07, 6.45) is 1.41. The number of nitro groups is 1. The molecule has 30 heavy (non-hydrogen) atoms. The van der Waals surface area contributed by atoms with Crippen molar-refractivity contribution in [2.45, 2.75) is 6.92 Å². The molecule has 0 unspecified atom stereocenters. The second kappa shape index (κ2) is 9.32. The molecule has 10 nitrogen and oxygen atoms in total. The maximum Gasteiger partial charge on any atom is 0.362 e. The maximum atomic E-state index is 12.2. The number of nitro benzene ring substituents is 1. The van der Waals surface area contributed by atoms with Crippen molar-refractivity contribution in [3.63, 3.8) is 0 Å². The molecule has 154 valence electrons. The lowest BCUT2D eigenvalue weighted by atomic mass is 10.3. The maximum absolute atomic E-state index is 12.2. The number of hydrogen-bond donors (Lipinski definition) is 1. The summed E-state index contributed by atoms with van der Waals surface area (Å²) in [6, 6.07) is 14.4. The Hall–Kier alpha value is -4.21. The molecule has 2 aromatic carbocycles. The van der Waals surface area contributed by atoms with Gasteiger partial charge < -0.3 is 14.8 Å². The Kier molecular flexibility index (Phi) is 6.38. The number of carbonyl (C=O) groups excluding carboxylic acids is 2. The number of amides is 1. The van der Waals surface area contributed by atoms with Gasteiger partial charge in [0.2, 0.25) is 5.69 Å². The quantitative estimate of drug-likeness (QED) is 0.344. The zero-order valence-electron chi connectivity index (χ0n) is 16.0. The van der Waals surface area contributed by atoms with Crippen LogP contribution >= 0.6 is 0 Å². The summed E-state index contributed by atoms with van der Waals surface area (Å²) < 4.78 is 11.8. The first-order chi connectivity index (χ1) is 14.5. The van der Waals surface area contributed by atoms with E-state index in [1.54, 1.807) is 31.2 Å². The molecule has 0 aliphatic carbocycles. The Balaban J connectivity index is 1.78. The molecule has 0 aliphatic heterocycles. The summed E-state index contributed by atoms with van der Waals surface area (Å²) in [6.45, 7) is 1.43. The van der Waals surface area contributed by atoms with Crippen LogP contribution in [0, 0.1) is 10.1 Å². The molecule has 10 heteroatoms. The van der Waals surface area contributed by atoms with E-state index in [1.807, 2.05) is 6.07 Å². The minimum atomic E-state index is -0.711. The lowest BCUT2D eigenvalue weighted by Gasteiger charge is -2.07. The largest absolute Gasteiger partial charge is 0.480 e. The second-order valence-electron chi connectivity index (χ2n) is 5.98. The molecule has 1 aromatic heterocycles. The van der Waals surface area contributed by atoms with Crippen molar-refractivity contribution >= 4 is 23.3 Å². The number of non-ortho nitro benzene ring substituents is 1. The SMILES string of the molecule is CCOC(=O)c1nn(-c2ccc([N+](=O)[O-])cc2)cc1OCC(=O)Nc1ccccc1. The van der Waals surface area contributed by atoms with E-state index in [1.165, 1.54) is 35.1 Å². The van der Waals surface area contributed by atoms with E-state index in [9.17, 15) is 19.7 Å². The highest BCUT2D eigenvalue weighted by atomic mass is 16.6. The molecule has 3 rings (SSSR count). The summed E-state index contributed by atoms with van der Waals surface area (Å²) in [5.41, 5.74) is 0.890. The van der Waals surface area contributed by atoms with Gasteiger partial charge in [-0.1, -0.05) is 18.2 Å². The van der Waals surface area contributed by atoms with Crippen molar-refractivity contribution < 1.29 is 24.0 Å². The van der Waals surface area contributed by atoms with Crippen molar-refractivity contribution in [3.05, 3.63) is 76.6 Å². The highest BCUT2D eigenvalue weighted by molar-refractivity contribution is 5.93. The number of esters is 1. The van der Waals surface area contributed by atoms with Gasteiger partial charge in [-0.05, 0) is 31.2 Å². The van der Waals surface area contributed by atoms with Gasteiger partial charge in [-0.2, -0.15) is 5.10 Å². The van der Waals surface area contributed by atoms with Crippen molar-refractivity contribution in [2.75, 3.05) is 18.5 Å². The van der Waals surface area contributed by atoms with Crippen LogP contribution in [0.2, 0.25) is 0 Å². The Morgan fingerprint density at radius 1 is 1.13 bits per heavy atom. The van der Waals surface area contributed by atoms with Crippen LogP contribution in [0.5, 0.6) is 5.75 Å². The van der Waals surface area contributed by atoms with Gasteiger partial charge in [0.25, 0.3) is 11.6 Å². The molecule has 1 N–H and O–H groups in total. The van der Waals surface area contributed by atoms with E-state index in [2.05, 4.69) is 10.4 Å². The number of anilines is 1. The van der Waals surface area contributed by atoms with E-state index < -0.39 is 16.8 Å². The molecule has 0 spiro atoms. The van der Waals surface area contributed by atoms with E-state index in [4.69, 9.17) is 9.47 Å². The predicted octanol–water partition coefficient (Wildman–Crippen LogP) is 2.97. The Morgan fingerprint density at radius 2 is 1.83 bits per heavy atom. The minimum absolute atomic E-state index is 0.0509. The van der Waals surface area contributed by atoms with Crippen LogP contribution in [0.3, 0.4) is 0 Å². The highest BCUT2D eigenvalue weighted by Crippen LogP contribution is 2.22. The molecule has 0 atom stereocenters. The summed E-state index contributed by atoms with van der Waals surface area (Å²) in [4.78, 5) is 34.6. The Bertz CT molecular complexity index is 1050. The van der Waals surface area contributed by atoms with Crippen LogP contribution in [0.1, 0.15) is 17.4 Å². The van der Waals surface area contributed by atoms with E-state index in [-0.39, 0.29) is 30.3 Å². The van der Waals surface area contributed by atoms with Gasteiger partial charge in [0, 0.05) is 17.8 Å². The van der Waals surface area contributed by atoms with Gasteiger partial charge in [0.1, 0.15) is 0 Å². The molecular weight excluding hydrogens is 392 g/mol. The third-order valence-corrected chi connectivity index (χ3v) is 3.89. The van der Waals surface area contributed by atoms with Crippen molar-refractivity contribution in [3.8, 4) is 11.4 Å². The molecule has 3 aromatic rings. The summed E-state index contributed by atoms with van der Waals surface area (Å²) in [5.74, 6) is -1.08. The number of benzene rings is 2. The van der Waals surface area contributed by atoms with E-state index in [0.717, 1.165) is 0 Å². The molecule has 0 radical (unpaired) electrons. The Labute approximate surface area is 171 Å². The van der Waals surface area contributed by atoms with E-state index in [0.29, 0.717) is 11.4 Å². The van der Waals surface area contributed by atoms with Gasteiger partial charge >= 0.3 is 5.97 Å². The van der Waals surface area contributed by atoms with Gasteiger partial charge in [0.05, 0.1) is 23.4 Å². The standard InChI is InChI=1S/C20H18N4O6/c1-2-29-20(26)19-17(30-13-18(25)21-14-6-4-3-5-7-14)12-23(22-19)15-8-10-16(11-9-15)24(27)28/h3-12H,2,13H2,1H3,(H,21,25). The third-order valence-electron chi connectivity index (χ3n) is 3.89. The predicted molar refractivity (Wildman–Crippen MR) is 107 cm³/mol. The highest BCUT2D eigenvalue weighted by Gasteiger charge is 2.21. The first kappa shape index (κ1) is 20.5. The Morgan fingerprint density at radius 3 is 2.47 bits per heavy atom. The molecular formula is C20H18N4O6. The van der Waals surface area contributed by atoms with Crippen LogP contribution in [0.15, 0.2) is 60.8 Å². The molecule has 0 bridgehead atoms. The third kappa shape index (κ3) is 4.98. The zero-order valence-corrected chi connectivity index (χ0v) is 16.0. The van der Waals surface area contributed by atoms with Crippen LogP contribution in [0.25, 0.3) is 5.69 Å². The minimum Gasteiger partial charge on any atom is -0.480 e. The molecule has 1 heterocycles. The average molecular weight is 410 g/mol. The van der Waals surface area contributed by atoms with Crippen molar-refractivity contribution in [2.24, 2.45) is 0 Å². The molecule has 0 fully saturated rings. The summed E-state index contributed by atoms with van der Waals surface area (Å²) in [5, 5.41) is 17.6. The number of nitrogens with zero attached hydrogens (tertiary/aromatic N) is 3. The van der Waals surface area contributed by atoms with E-state index >= 15 is 0 Å². The van der Waals surface area contributed by atoms with Crippen LogP contribution in [0.4, 0.5) is 11.4 Å². The smallest absolute Gasteiger partial charge is 0.362 e. The molecule has 0 aliphatic rings. The lowest BCUT2D eigenvalue weighted by molar-refractivity contribution is -0.384. The van der Waals surface area contributed by atoms with Crippen molar-refractivity contribution in [1.82, 2.24) is 9.78 Å². The number of aromatic nitrogens is 2. The topological polar surface area (TPSA) is 126 Å². The number of hydrogen-bond acceptors (Lipinski definition) is 7. The average Bonchev–Trinajstić information content (AvgIpc) is 3.18. The molecule has 0 saturated carbocycles. The number of carbonyl (C=O) groups is 2. The monoisotopic (exact) mass is 410 g/mol. The van der Waals surface area contributed by atoms with Crippen molar-refractivity contribution in [1.29, 1.82) is 0 Å². The number of para-hydroxylation sites is 1. The first-order valence-corrected chi connectivity index (χ1v) is 8.97. The first-order valence-electron chi connectivity index (χ1n) is 8.97. The number of rotatable bonds is 8. The second-order valence-corrected chi connectivity index (χ2v) is 5.98. The number of ether oxygens (including phenoxy) is 2. The number of nitrogens with one attached hydrogen (secondary N) is 1.